The first-order chi connectivity index (χ1) is 8.35. The van der Waals surface area contributed by atoms with Crippen molar-refractivity contribution in [2.24, 2.45) is 0 Å². The lowest BCUT2D eigenvalue weighted by Crippen LogP contribution is -1.86. The molecule has 7 nitrogen and oxygen atoms in total. The summed E-state index contributed by atoms with van der Waals surface area (Å²) in [4.78, 5) is 4.26. The molecule has 0 radical (unpaired) electrons. The minimum atomic E-state index is -0.350. The van der Waals surface area contributed by atoms with Crippen molar-refractivity contribution in [3.05, 3.63) is 17.5 Å². The van der Waals surface area contributed by atoms with Gasteiger partial charge in [-0.2, -0.15) is 10.2 Å². The number of hydrogen-bond acceptors (Lipinski definition) is 7. The van der Waals surface area contributed by atoms with Crippen LogP contribution in [0, 0.1) is 0 Å². The van der Waals surface area contributed by atoms with Gasteiger partial charge in [-0.15, -0.1) is 5.10 Å². The third-order valence-electron chi connectivity index (χ3n) is 1.98. The van der Waals surface area contributed by atoms with Gasteiger partial charge in [0.1, 0.15) is 0 Å². The highest BCUT2D eigenvalue weighted by molar-refractivity contribution is 8.44. The topological polar surface area (TPSA) is 89.5 Å². The first kappa shape index (κ1) is 10.4. The molecule has 0 fully saturated rings. The maximum atomic E-state index is 5.05. The fraction of sp³-hybridized carbons (Fsp3) is 0.125. The lowest BCUT2D eigenvalue weighted by atomic mass is 10.4. The van der Waals surface area contributed by atoms with E-state index in [1.54, 1.807) is 7.11 Å². The SMILES string of the molecule is COc1ccc2c[s+](Sc3nn[nH]n3)nc2n1. The molecule has 0 aliphatic rings. The average molecular weight is 267 g/mol. The van der Waals surface area contributed by atoms with Crippen LogP contribution in [0.3, 0.4) is 0 Å². The Balaban J connectivity index is 1.96. The first-order valence-corrected chi connectivity index (χ1v) is 7.19. The number of aromatic amines is 1. The zero-order chi connectivity index (χ0) is 11.7. The van der Waals surface area contributed by atoms with Crippen LogP contribution in [-0.2, 0) is 0 Å². The highest BCUT2D eigenvalue weighted by atomic mass is 33.1. The van der Waals surface area contributed by atoms with E-state index >= 15 is 0 Å². The molecule has 1 N–H and O–H groups in total. The molecule has 0 saturated carbocycles. The van der Waals surface area contributed by atoms with Gasteiger partial charge in [0, 0.05) is 6.07 Å². The summed E-state index contributed by atoms with van der Waals surface area (Å²) in [6.07, 6.45) is 0. The van der Waals surface area contributed by atoms with Crippen LogP contribution in [0.2, 0.25) is 0 Å². The van der Waals surface area contributed by atoms with Gasteiger partial charge in [-0.25, -0.2) is 0 Å². The molecule has 3 heterocycles. The lowest BCUT2D eigenvalue weighted by molar-refractivity contribution is 0.399. The number of pyridine rings is 1. The van der Waals surface area contributed by atoms with Gasteiger partial charge in [-0.1, -0.05) is 5.10 Å². The summed E-state index contributed by atoms with van der Waals surface area (Å²) in [7, 11) is 2.67. The molecule has 3 aromatic rings. The van der Waals surface area contributed by atoms with E-state index in [0.29, 0.717) is 16.7 Å². The van der Waals surface area contributed by atoms with Crippen molar-refractivity contribution in [2.45, 2.75) is 5.16 Å². The summed E-state index contributed by atoms with van der Waals surface area (Å²) in [5, 5.41) is 17.3. The van der Waals surface area contributed by atoms with E-state index in [0.717, 1.165) is 5.39 Å². The molecule has 1 atom stereocenters. The van der Waals surface area contributed by atoms with E-state index in [2.05, 4.69) is 30.0 Å². The molecule has 0 amide bonds. The summed E-state index contributed by atoms with van der Waals surface area (Å²) < 4.78 is 9.51. The van der Waals surface area contributed by atoms with Crippen molar-refractivity contribution in [1.82, 2.24) is 30.0 Å². The zero-order valence-corrected chi connectivity index (χ0v) is 10.3. The second-order valence-electron chi connectivity index (χ2n) is 3.03. The van der Waals surface area contributed by atoms with Crippen LogP contribution in [0.15, 0.2) is 22.7 Å². The monoisotopic (exact) mass is 267 g/mol. The van der Waals surface area contributed by atoms with E-state index in [9.17, 15) is 0 Å². The number of nitrogens with zero attached hydrogens (tertiary/aromatic N) is 5. The van der Waals surface area contributed by atoms with Gasteiger partial charge in [0.15, 0.2) is 15.1 Å². The number of fused-ring (bicyclic) bond motifs is 1. The van der Waals surface area contributed by atoms with Crippen LogP contribution in [0.25, 0.3) is 11.0 Å². The minimum absolute atomic E-state index is 0.350. The second-order valence-corrected chi connectivity index (χ2v) is 6.06. The van der Waals surface area contributed by atoms with Crippen LogP contribution < -0.4 is 4.74 Å². The number of nitrogens with one attached hydrogen (secondary N) is 1. The van der Waals surface area contributed by atoms with Crippen molar-refractivity contribution in [3.63, 3.8) is 0 Å². The Kier molecular flexibility index (Phi) is 2.61. The smallest absolute Gasteiger partial charge is 0.289 e. The first-order valence-electron chi connectivity index (χ1n) is 4.62. The molecule has 17 heavy (non-hydrogen) atoms. The predicted octanol–water partition coefficient (Wildman–Crippen LogP) is 1.46. The highest BCUT2D eigenvalue weighted by Gasteiger charge is 2.18. The van der Waals surface area contributed by atoms with Crippen LogP contribution in [-0.4, -0.2) is 37.1 Å². The number of rotatable bonds is 3. The zero-order valence-electron chi connectivity index (χ0n) is 8.69. The fourth-order valence-corrected chi connectivity index (χ4v) is 3.86. The molecule has 1 unspecified atom stereocenters. The van der Waals surface area contributed by atoms with Crippen LogP contribution in [0.1, 0.15) is 0 Å². The molecule has 0 aliphatic heterocycles. The van der Waals surface area contributed by atoms with Crippen molar-refractivity contribution in [1.29, 1.82) is 0 Å². The van der Waals surface area contributed by atoms with Crippen molar-refractivity contribution in [3.8, 4) is 5.88 Å². The van der Waals surface area contributed by atoms with Gasteiger partial charge >= 0.3 is 0 Å². The molecule has 0 aliphatic carbocycles. The Morgan fingerprint density at radius 2 is 2.35 bits per heavy atom. The Bertz CT molecular complexity index is 637. The van der Waals surface area contributed by atoms with Gasteiger partial charge in [0.25, 0.3) is 5.16 Å². The largest absolute Gasteiger partial charge is 0.481 e. The molecule has 86 valence electrons. The Morgan fingerprint density at radius 1 is 1.41 bits per heavy atom. The highest BCUT2D eigenvalue weighted by Crippen LogP contribution is 2.37. The summed E-state index contributed by atoms with van der Waals surface area (Å²) in [6, 6.07) is 3.76. The Hall–Kier alpha value is -1.74. The molecule has 3 rings (SSSR count). The molecule has 0 aromatic carbocycles. The van der Waals surface area contributed by atoms with Crippen molar-refractivity contribution in [2.75, 3.05) is 7.11 Å². The Morgan fingerprint density at radius 3 is 3.12 bits per heavy atom. The quantitative estimate of drug-likeness (QED) is 0.567. The van der Waals surface area contributed by atoms with E-state index in [1.807, 2.05) is 17.5 Å². The van der Waals surface area contributed by atoms with E-state index in [4.69, 9.17) is 4.74 Å². The summed E-state index contributed by atoms with van der Waals surface area (Å²) in [6.45, 7) is 0. The van der Waals surface area contributed by atoms with Crippen molar-refractivity contribution >= 4 is 31.5 Å². The van der Waals surface area contributed by atoms with Crippen LogP contribution in [0.5, 0.6) is 5.88 Å². The Labute approximate surface area is 102 Å². The molecular formula is C8H7N6OS2+. The van der Waals surface area contributed by atoms with Crippen LogP contribution >= 0.6 is 20.5 Å². The van der Waals surface area contributed by atoms with Gasteiger partial charge in [0.2, 0.25) is 22.3 Å². The number of tetrazole rings is 1. The normalized spacial score (nSPS) is 11.9. The summed E-state index contributed by atoms with van der Waals surface area (Å²) in [5.41, 5.74) is 0.698. The third kappa shape index (κ3) is 2.06. The number of hydrogen-bond donors (Lipinski definition) is 1. The standard InChI is InChI=1S/C8H7N6OS2/c1-15-6-3-2-5-4-17(12-7(5)9-6)16-8-10-13-14-11-8/h2-4H,1H3,(H,10,11,13,14)/q+1. The molecule has 3 aromatic heterocycles. The number of aromatic nitrogens is 6. The van der Waals surface area contributed by atoms with E-state index < -0.39 is 0 Å². The molecule has 0 bridgehead atoms. The van der Waals surface area contributed by atoms with E-state index in [1.165, 1.54) is 10.8 Å². The maximum absolute atomic E-state index is 5.05. The van der Waals surface area contributed by atoms with Crippen LogP contribution in [0.4, 0.5) is 0 Å². The van der Waals surface area contributed by atoms with Crippen molar-refractivity contribution < 1.29 is 4.74 Å². The average Bonchev–Trinajstić information content (AvgIpc) is 2.96. The van der Waals surface area contributed by atoms with Gasteiger partial charge in [-0.3, -0.25) is 0 Å². The second kappa shape index (κ2) is 4.26. The lowest BCUT2D eigenvalue weighted by Gasteiger charge is -1.93. The number of methoxy groups -OCH3 is 1. The number of ether oxygens (including phenoxy) is 1. The molecule has 9 heteroatoms. The predicted molar refractivity (Wildman–Crippen MR) is 64.0 cm³/mol. The van der Waals surface area contributed by atoms with E-state index in [-0.39, 0.29) is 9.70 Å². The maximum Gasteiger partial charge on any atom is 0.289 e. The molecule has 0 spiro atoms. The van der Waals surface area contributed by atoms with Gasteiger partial charge in [0.05, 0.1) is 12.5 Å². The molecule has 0 saturated heterocycles. The van der Waals surface area contributed by atoms with Gasteiger partial charge in [-0.05, 0) is 15.7 Å². The fourth-order valence-electron chi connectivity index (χ4n) is 1.25. The summed E-state index contributed by atoms with van der Waals surface area (Å²) in [5.74, 6) is 0.566. The summed E-state index contributed by atoms with van der Waals surface area (Å²) >= 11 is 0. The molecular weight excluding hydrogens is 260 g/mol. The third-order valence-corrected chi connectivity index (χ3v) is 4.75. The number of H-pyrrole nitrogens is 1. The minimum Gasteiger partial charge on any atom is -0.481 e. The van der Waals surface area contributed by atoms with Gasteiger partial charge < -0.3 is 4.74 Å².